The molecule has 2 saturated heterocycles. The first kappa shape index (κ1) is 15.2. The number of carbonyl (C=O) groups excluding carboxylic acids is 1. The molecule has 4 heteroatoms. The van der Waals surface area contributed by atoms with Crippen molar-refractivity contribution < 1.29 is 4.79 Å². The minimum absolute atomic E-state index is 0.239. The maximum atomic E-state index is 12.5. The predicted octanol–water partition coefficient (Wildman–Crippen LogP) is 2.27. The molecule has 2 aliphatic rings. The van der Waals surface area contributed by atoms with Gasteiger partial charge in [0.2, 0.25) is 5.91 Å². The summed E-state index contributed by atoms with van der Waals surface area (Å²) < 4.78 is 0. The summed E-state index contributed by atoms with van der Waals surface area (Å²) in [6.07, 6.45) is 4.89. The largest absolute Gasteiger partial charge is 0.355 e. The van der Waals surface area contributed by atoms with E-state index in [9.17, 15) is 4.79 Å². The highest BCUT2D eigenvalue weighted by Gasteiger charge is 2.37. The Kier molecular flexibility index (Phi) is 5.58. The quantitative estimate of drug-likeness (QED) is 0.832. The van der Waals surface area contributed by atoms with Gasteiger partial charge in [-0.25, -0.2) is 0 Å². The second kappa shape index (κ2) is 6.98. The van der Waals surface area contributed by atoms with Crippen LogP contribution in [-0.2, 0) is 4.79 Å². The fourth-order valence-corrected chi connectivity index (χ4v) is 4.27. The Morgan fingerprint density at radius 3 is 2.68 bits per heavy atom. The molecule has 0 aromatic rings. The molecule has 0 aromatic carbocycles. The molecule has 2 fully saturated rings. The zero-order valence-electron chi connectivity index (χ0n) is 12.3. The van der Waals surface area contributed by atoms with Gasteiger partial charge in [0.1, 0.15) is 0 Å². The number of carbonyl (C=O) groups is 1. The molecule has 110 valence electrons. The molecule has 0 aromatic heterocycles. The highest BCUT2D eigenvalue weighted by Crippen LogP contribution is 2.32. The lowest BCUT2D eigenvalue weighted by molar-refractivity contribution is -0.132. The van der Waals surface area contributed by atoms with Crippen LogP contribution in [0.25, 0.3) is 0 Å². The van der Waals surface area contributed by atoms with E-state index in [1.54, 1.807) is 0 Å². The van der Waals surface area contributed by atoms with Crippen LogP contribution in [-0.4, -0.2) is 37.0 Å². The molecule has 0 saturated carbocycles. The molecule has 2 heterocycles. The van der Waals surface area contributed by atoms with Crippen molar-refractivity contribution in [1.82, 2.24) is 10.6 Å². The number of amides is 1. The zero-order chi connectivity index (χ0) is 13.7. The van der Waals surface area contributed by atoms with Crippen molar-refractivity contribution in [3.63, 3.8) is 0 Å². The summed E-state index contributed by atoms with van der Waals surface area (Å²) in [4.78, 5) is 12.5. The molecule has 0 bridgehead atoms. The molecule has 0 radical (unpaired) electrons. The summed E-state index contributed by atoms with van der Waals surface area (Å²) in [5.74, 6) is 3.94. The predicted molar refractivity (Wildman–Crippen MR) is 82.4 cm³/mol. The molecular formula is C15H28N2OS. The number of hydrogen-bond donors (Lipinski definition) is 2. The summed E-state index contributed by atoms with van der Waals surface area (Å²) in [6, 6.07) is 0. The van der Waals surface area contributed by atoms with Crippen LogP contribution in [0.3, 0.4) is 0 Å². The number of piperidine rings is 1. The van der Waals surface area contributed by atoms with Crippen molar-refractivity contribution >= 4 is 17.7 Å². The fraction of sp³-hybridized carbons (Fsp3) is 0.933. The van der Waals surface area contributed by atoms with E-state index in [-0.39, 0.29) is 11.3 Å². The van der Waals surface area contributed by atoms with E-state index >= 15 is 0 Å². The second-order valence-electron chi connectivity index (χ2n) is 6.53. The van der Waals surface area contributed by atoms with E-state index in [0.29, 0.717) is 11.8 Å². The van der Waals surface area contributed by atoms with E-state index in [1.165, 1.54) is 37.2 Å². The summed E-state index contributed by atoms with van der Waals surface area (Å²) in [5.41, 5.74) is -0.239. The maximum absolute atomic E-state index is 12.5. The summed E-state index contributed by atoms with van der Waals surface area (Å²) in [5, 5.41) is 6.63. The number of thioether (sulfide) groups is 1. The zero-order valence-corrected chi connectivity index (χ0v) is 13.2. The Labute approximate surface area is 121 Å². The van der Waals surface area contributed by atoms with Crippen LogP contribution in [0.2, 0.25) is 0 Å². The Morgan fingerprint density at radius 1 is 1.32 bits per heavy atom. The topological polar surface area (TPSA) is 41.1 Å². The van der Waals surface area contributed by atoms with Crippen molar-refractivity contribution in [2.45, 2.75) is 39.5 Å². The smallest absolute Gasteiger partial charge is 0.225 e. The van der Waals surface area contributed by atoms with Crippen LogP contribution in [0.5, 0.6) is 0 Å². The standard InChI is InChI=1S/C15H28N2OS/c1-15(2,13-4-3-7-16-11-13)14(18)17-10-12-5-8-19-9-6-12/h12-13,16H,3-11H2,1-2H3,(H,17,18). The van der Waals surface area contributed by atoms with Crippen molar-refractivity contribution in [3.05, 3.63) is 0 Å². The third-order valence-corrected chi connectivity index (χ3v) is 5.84. The van der Waals surface area contributed by atoms with E-state index in [0.717, 1.165) is 19.6 Å². The minimum Gasteiger partial charge on any atom is -0.355 e. The Morgan fingerprint density at radius 2 is 2.05 bits per heavy atom. The average Bonchev–Trinajstić information content (AvgIpc) is 2.46. The van der Waals surface area contributed by atoms with Crippen LogP contribution in [0, 0.1) is 17.3 Å². The van der Waals surface area contributed by atoms with Gasteiger partial charge < -0.3 is 10.6 Å². The highest BCUT2D eigenvalue weighted by atomic mass is 32.2. The molecule has 2 N–H and O–H groups in total. The van der Waals surface area contributed by atoms with Crippen LogP contribution < -0.4 is 10.6 Å². The third-order valence-electron chi connectivity index (χ3n) is 4.79. The normalized spacial score (nSPS) is 26.1. The number of nitrogens with one attached hydrogen (secondary N) is 2. The van der Waals surface area contributed by atoms with Crippen LogP contribution >= 0.6 is 11.8 Å². The Hall–Kier alpha value is -0.220. The van der Waals surface area contributed by atoms with Crippen molar-refractivity contribution in [2.75, 3.05) is 31.1 Å². The van der Waals surface area contributed by atoms with E-state index in [1.807, 2.05) is 11.8 Å². The third kappa shape index (κ3) is 4.12. The van der Waals surface area contributed by atoms with E-state index in [4.69, 9.17) is 0 Å². The monoisotopic (exact) mass is 284 g/mol. The molecule has 2 rings (SSSR count). The Bertz CT molecular complexity index is 295. The van der Waals surface area contributed by atoms with Crippen LogP contribution in [0.1, 0.15) is 39.5 Å². The van der Waals surface area contributed by atoms with Crippen LogP contribution in [0.15, 0.2) is 0 Å². The van der Waals surface area contributed by atoms with E-state index in [2.05, 4.69) is 24.5 Å². The molecule has 3 nitrogen and oxygen atoms in total. The van der Waals surface area contributed by atoms with Gasteiger partial charge in [-0.3, -0.25) is 4.79 Å². The lowest BCUT2D eigenvalue weighted by Crippen LogP contribution is -2.48. The summed E-state index contributed by atoms with van der Waals surface area (Å²) in [7, 11) is 0. The molecule has 1 atom stereocenters. The van der Waals surface area contributed by atoms with Gasteiger partial charge >= 0.3 is 0 Å². The Balaban J connectivity index is 1.79. The van der Waals surface area contributed by atoms with Gasteiger partial charge in [-0.15, -0.1) is 0 Å². The van der Waals surface area contributed by atoms with Gasteiger partial charge in [0.15, 0.2) is 0 Å². The van der Waals surface area contributed by atoms with Gasteiger partial charge in [0.05, 0.1) is 0 Å². The van der Waals surface area contributed by atoms with E-state index < -0.39 is 0 Å². The first-order chi connectivity index (χ1) is 9.10. The average molecular weight is 284 g/mol. The van der Waals surface area contributed by atoms with Gasteiger partial charge in [-0.05, 0) is 62.1 Å². The highest BCUT2D eigenvalue weighted by molar-refractivity contribution is 7.99. The molecular weight excluding hydrogens is 256 g/mol. The molecule has 1 unspecified atom stereocenters. The minimum atomic E-state index is -0.239. The SMILES string of the molecule is CC(C)(C(=O)NCC1CCSCC1)C1CCCNC1. The first-order valence-corrected chi connectivity index (χ1v) is 8.83. The van der Waals surface area contributed by atoms with Crippen molar-refractivity contribution in [3.8, 4) is 0 Å². The van der Waals surface area contributed by atoms with Crippen molar-refractivity contribution in [1.29, 1.82) is 0 Å². The molecule has 0 aliphatic carbocycles. The van der Waals surface area contributed by atoms with Crippen molar-refractivity contribution in [2.24, 2.45) is 17.3 Å². The molecule has 0 spiro atoms. The maximum Gasteiger partial charge on any atom is 0.225 e. The number of rotatable bonds is 4. The van der Waals surface area contributed by atoms with Gasteiger partial charge in [0, 0.05) is 12.0 Å². The fourth-order valence-electron chi connectivity index (χ4n) is 3.07. The lowest BCUT2D eigenvalue weighted by Gasteiger charge is -2.36. The second-order valence-corrected chi connectivity index (χ2v) is 7.76. The van der Waals surface area contributed by atoms with Crippen LogP contribution in [0.4, 0.5) is 0 Å². The number of hydrogen-bond acceptors (Lipinski definition) is 3. The molecule has 1 amide bonds. The lowest BCUT2D eigenvalue weighted by atomic mass is 9.74. The summed E-state index contributed by atoms with van der Waals surface area (Å²) in [6.45, 7) is 7.19. The van der Waals surface area contributed by atoms with Gasteiger partial charge in [-0.1, -0.05) is 13.8 Å². The van der Waals surface area contributed by atoms with Gasteiger partial charge in [0.25, 0.3) is 0 Å². The molecule has 2 aliphatic heterocycles. The summed E-state index contributed by atoms with van der Waals surface area (Å²) >= 11 is 2.04. The molecule has 19 heavy (non-hydrogen) atoms. The first-order valence-electron chi connectivity index (χ1n) is 7.67. The van der Waals surface area contributed by atoms with Gasteiger partial charge in [-0.2, -0.15) is 11.8 Å².